The van der Waals surface area contributed by atoms with E-state index in [4.69, 9.17) is 5.84 Å². The second kappa shape index (κ2) is 4.96. The van der Waals surface area contributed by atoms with E-state index in [-0.39, 0.29) is 0 Å². The average molecular weight is 313 g/mol. The van der Waals surface area contributed by atoms with Crippen LogP contribution in [0.5, 0.6) is 0 Å². The minimum absolute atomic E-state index is 0.407. The van der Waals surface area contributed by atoms with Gasteiger partial charge in [0.1, 0.15) is 10.6 Å². The largest absolute Gasteiger partial charge is 0.340 e. The van der Waals surface area contributed by atoms with Crippen molar-refractivity contribution in [2.24, 2.45) is 5.84 Å². The predicted molar refractivity (Wildman–Crippen MR) is 90.3 cm³/mol. The van der Waals surface area contributed by atoms with Crippen molar-refractivity contribution in [1.82, 2.24) is 9.97 Å². The first-order valence-corrected chi connectivity index (χ1v) is 8.05. The maximum absolute atomic E-state index is 5.44. The fourth-order valence-corrected chi connectivity index (χ4v) is 3.73. The molecular weight excluding hydrogens is 302 g/mol. The van der Waals surface area contributed by atoms with Crippen molar-refractivity contribution in [3.05, 3.63) is 41.1 Å². The minimum Gasteiger partial charge on any atom is -0.340 e. The van der Waals surface area contributed by atoms with Crippen LogP contribution in [0.1, 0.15) is 0 Å². The molecule has 0 amide bonds. The number of rotatable bonds is 3. The summed E-state index contributed by atoms with van der Waals surface area (Å²) in [6.45, 7) is 0. The van der Waals surface area contributed by atoms with Crippen LogP contribution in [0.25, 0.3) is 20.3 Å². The Labute approximate surface area is 128 Å². The highest BCUT2D eigenvalue weighted by Gasteiger charge is 2.09. The maximum Gasteiger partial charge on any atom is 0.240 e. The smallest absolute Gasteiger partial charge is 0.240 e. The standard InChI is InChI=1S/C14H11N5S2/c15-19-14-17-12(10-4-6-21-13(10)18-14)16-9-1-2-11-8(7-9)3-5-20-11/h1-7H,15H2,(H2,16,17,18,19). The fourth-order valence-electron chi connectivity index (χ4n) is 2.20. The van der Waals surface area contributed by atoms with E-state index in [1.807, 2.05) is 11.4 Å². The van der Waals surface area contributed by atoms with Gasteiger partial charge >= 0.3 is 0 Å². The van der Waals surface area contributed by atoms with Crippen molar-refractivity contribution >= 4 is 60.4 Å². The van der Waals surface area contributed by atoms with Crippen LogP contribution in [-0.2, 0) is 0 Å². The molecule has 0 saturated heterocycles. The molecule has 0 bridgehead atoms. The van der Waals surface area contributed by atoms with E-state index >= 15 is 0 Å². The number of hydrogen-bond acceptors (Lipinski definition) is 7. The van der Waals surface area contributed by atoms with Crippen LogP contribution in [0.2, 0.25) is 0 Å². The number of fused-ring (bicyclic) bond motifs is 2. The summed E-state index contributed by atoms with van der Waals surface area (Å²) in [6, 6.07) is 10.4. The van der Waals surface area contributed by atoms with Gasteiger partial charge in [0.15, 0.2) is 0 Å². The van der Waals surface area contributed by atoms with Crippen molar-refractivity contribution in [2.45, 2.75) is 0 Å². The minimum atomic E-state index is 0.407. The molecule has 7 heteroatoms. The summed E-state index contributed by atoms with van der Waals surface area (Å²) in [5, 5.41) is 9.65. The van der Waals surface area contributed by atoms with Gasteiger partial charge in [-0.25, -0.2) is 10.8 Å². The van der Waals surface area contributed by atoms with E-state index in [1.165, 1.54) is 10.1 Å². The van der Waals surface area contributed by atoms with E-state index in [2.05, 4.69) is 50.4 Å². The topological polar surface area (TPSA) is 75.9 Å². The maximum atomic E-state index is 5.44. The van der Waals surface area contributed by atoms with Crippen LogP contribution in [0.15, 0.2) is 41.1 Å². The Bertz CT molecular complexity index is 927. The summed E-state index contributed by atoms with van der Waals surface area (Å²) in [4.78, 5) is 9.64. The molecule has 0 aliphatic rings. The van der Waals surface area contributed by atoms with E-state index in [0.29, 0.717) is 5.95 Å². The molecule has 104 valence electrons. The Morgan fingerprint density at radius 3 is 2.81 bits per heavy atom. The summed E-state index contributed by atoms with van der Waals surface area (Å²) in [5.74, 6) is 6.60. The molecule has 0 atom stereocenters. The third-order valence-corrected chi connectivity index (χ3v) is 4.87. The summed E-state index contributed by atoms with van der Waals surface area (Å²) in [5.41, 5.74) is 3.50. The zero-order chi connectivity index (χ0) is 14.2. The number of nitrogens with two attached hydrogens (primary N) is 1. The molecule has 3 aromatic heterocycles. The lowest BCUT2D eigenvalue weighted by Gasteiger charge is -2.08. The Kier molecular flexibility index (Phi) is 2.95. The summed E-state index contributed by atoms with van der Waals surface area (Å²) < 4.78 is 1.27. The molecule has 4 rings (SSSR count). The Morgan fingerprint density at radius 2 is 1.90 bits per heavy atom. The second-order valence-corrected chi connectivity index (χ2v) is 6.32. The predicted octanol–water partition coefficient (Wildman–Crippen LogP) is 3.94. The van der Waals surface area contributed by atoms with Crippen LogP contribution in [0, 0.1) is 0 Å². The Hall–Kier alpha value is -2.22. The van der Waals surface area contributed by atoms with Crippen LogP contribution in [-0.4, -0.2) is 9.97 Å². The van der Waals surface area contributed by atoms with E-state index in [0.717, 1.165) is 21.7 Å². The molecule has 0 fully saturated rings. The summed E-state index contributed by atoms with van der Waals surface area (Å²) in [6.07, 6.45) is 0. The van der Waals surface area contributed by atoms with E-state index < -0.39 is 0 Å². The second-order valence-electron chi connectivity index (χ2n) is 4.48. The molecule has 0 radical (unpaired) electrons. The lowest BCUT2D eigenvalue weighted by molar-refractivity contribution is 1.16. The Morgan fingerprint density at radius 1 is 1.00 bits per heavy atom. The number of anilines is 3. The number of hydrogen-bond donors (Lipinski definition) is 3. The van der Waals surface area contributed by atoms with Crippen LogP contribution in [0.4, 0.5) is 17.5 Å². The number of hydrazine groups is 1. The molecule has 4 N–H and O–H groups in total. The number of nitrogens with zero attached hydrogens (tertiary/aromatic N) is 2. The first-order valence-electron chi connectivity index (χ1n) is 6.29. The van der Waals surface area contributed by atoms with Crippen molar-refractivity contribution in [3.8, 4) is 0 Å². The highest BCUT2D eigenvalue weighted by Crippen LogP contribution is 2.30. The van der Waals surface area contributed by atoms with Gasteiger partial charge in [-0.05, 0) is 46.5 Å². The average Bonchev–Trinajstić information content (AvgIpc) is 3.14. The van der Waals surface area contributed by atoms with Gasteiger partial charge in [-0.1, -0.05) is 0 Å². The molecule has 0 spiro atoms. The van der Waals surface area contributed by atoms with Crippen molar-refractivity contribution in [3.63, 3.8) is 0 Å². The summed E-state index contributed by atoms with van der Waals surface area (Å²) in [7, 11) is 0. The molecule has 4 aromatic rings. The molecule has 0 aliphatic heterocycles. The molecule has 3 heterocycles. The number of benzene rings is 1. The van der Waals surface area contributed by atoms with Gasteiger partial charge < -0.3 is 5.32 Å². The first-order chi connectivity index (χ1) is 10.3. The molecular formula is C14H11N5S2. The van der Waals surface area contributed by atoms with E-state index in [1.54, 1.807) is 22.7 Å². The van der Waals surface area contributed by atoms with Crippen LogP contribution >= 0.6 is 22.7 Å². The summed E-state index contributed by atoms with van der Waals surface area (Å²) >= 11 is 3.29. The lowest BCUT2D eigenvalue weighted by atomic mass is 10.2. The fraction of sp³-hybridized carbons (Fsp3) is 0. The van der Waals surface area contributed by atoms with Crippen molar-refractivity contribution < 1.29 is 0 Å². The van der Waals surface area contributed by atoms with Gasteiger partial charge in [0.2, 0.25) is 5.95 Å². The molecule has 0 aliphatic carbocycles. The molecule has 21 heavy (non-hydrogen) atoms. The normalized spacial score (nSPS) is 11.1. The zero-order valence-corrected chi connectivity index (χ0v) is 12.5. The van der Waals surface area contributed by atoms with Gasteiger partial charge in [-0.15, -0.1) is 22.7 Å². The van der Waals surface area contributed by atoms with Gasteiger partial charge in [-0.3, -0.25) is 5.43 Å². The van der Waals surface area contributed by atoms with Crippen molar-refractivity contribution in [2.75, 3.05) is 10.7 Å². The quantitative estimate of drug-likeness (QED) is 0.394. The SMILES string of the molecule is NNc1nc(Nc2ccc3sccc3c2)c2ccsc2n1. The van der Waals surface area contributed by atoms with Gasteiger partial charge in [0, 0.05) is 10.4 Å². The highest BCUT2D eigenvalue weighted by atomic mass is 32.1. The third kappa shape index (κ3) is 2.21. The molecule has 5 nitrogen and oxygen atoms in total. The monoisotopic (exact) mass is 313 g/mol. The van der Waals surface area contributed by atoms with Gasteiger partial charge in [0.05, 0.1) is 5.39 Å². The first kappa shape index (κ1) is 12.5. The molecule has 1 aromatic carbocycles. The van der Waals surface area contributed by atoms with Gasteiger partial charge in [-0.2, -0.15) is 4.98 Å². The highest BCUT2D eigenvalue weighted by molar-refractivity contribution is 7.17. The number of thiophene rings is 2. The van der Waals surface area contributed by atoms with Crippen LogP contribution < -0.4 is 16.6 Å². The molecule has 0 saturated carbocycles. The number of nitrogens with one attached hydrogen (secondary N) is 2. The Balaban J connectivity index is 1.80. The number of aromatic nitrogens is 2. The zero-order valence-electron chi connectivity index (χ0n) is 10.8. The van der Waals surface area contributed by atoms with Crippen LogP contribution in [0.3, 0.4) is 0 Å². The molecule has 0 unspecified atom stereocenters. The van der Waals surface area contributed by atoms with Crippen molar-refractivity contribution in [1.29, 1.82) is 0 Å². The van der Waals surface area contributed by atoms with Gasteiger partial charge in [0.25, 0.3) is 0 Å². The number of nitrogen functional groups attached to an aromatic ring is 1. The van der Waals surface area contributed by atoms with E-state index in [9.17, 15) is 0 Å². The third-order valence-electron chi connectivity index (χ3n) is 3.17. The lowest BCUT2D eigenvalue weighted by Crippen LogP contribution is -2.11.